The van der Waals surface area contributed by atoms with Gasteiger partial charge in [-0.05, 0) is 59.7 Å². The van der Waals surface area contributed by atoms with Crippen molar-refractivity contribution in [3.63, 3.8) is 0 Å². The fourth-order valence-electron chi connectivity index (χ4n) is 3.63. The Bertz CT molecular complexity index is 1420. The second-order valence-corrected chi connectivity index (χ2v) is 8.19. The molecule has 0 aliphatic carbocycles. The molecule has 0 fully saturated rings. The van der Waals surface area contributed by atoms with Crippen molar-refractivity contribution in [2.45, 2.75) is 0 Å². The minimum absolute atomic E-state index is 0.00831. The lowest BCUT2D eigenvalue weighted by atomic mass is 10.1. The van der Waals surface area contributed by atoms with E-state index >= 15 is 0 Å². The summed E-state index contributed by atoms with van der Waals surface area (Å²) in [5.41, 5.74) is 2.88. The van der Waals surface area contributed by atoms with Crippen LogP contribution in [0, 0.1) is 0 Å². The molecular formula is C30H22N2O6. The Morgan fingerprint density at radius 1 is 0.500 bits per heavy atom. The average Bonchev–Trinajstić information content (AvgIpc) is 2.92. The number of carbonyl (C=O) groups is 4. The zero-order chi connectivity index (χ0) is 27.1. The largest absolute Gasteiger partial charge is 0.478 e. The first-order valence-corrected chi connectivity index (χ1v) is 11.5. The summed E-state index contributed by atoms with van der Waals surface area (Å²) in [5, 5.41) is 23.8. The maximum atomic E-state index is 12.5. The minimum atomic E-state index is -1.13. The van der Waals surface area contributed by atoms with Gasteiger partial charge in [-0.15, -0.1) is 0 Å². The Labute approximate surface area is 217 Å². The van der Waals surface area contributed by atoms with E-state index in [1.807, 2.05) is 12.2 Å². The molecule has 0 aliphatic rings. The molecule has 0 unspecified atom stereocenters. The molecule has 8 heteroatoms. The third kappa shape index (κ3) is 6.19. The van der Waals surface area contributed by atoms with E-state index in [4.69, 9.17) is 0 Å². The number of anilines is 2. The topological polar surface area (TPSA) is 133 Å². The van der Waals surface area contributed by atoms with Crippen LogP contribution in [-0.2, 0) is 0 Å². The predicted octanol–water partition coefficient (Wildman–Crippen LogP) is 5.76. The number of rotatable bonds is 8. The third-order valence-corrected chi connectivity index (χ3v) is 5.63. The van der Waals surface area contributed by atoms with Crippen molar-refractivity contribution in [2.75, 3.05) is 10.6 Å². The molecule has 8 nitrogen and oxygen atoms in total. The molecule has 4 aromatic rings. The molecule has 0 bridgehead atoms. The lowest BCUT2D eigenvalue weighted by molar-refractivity contribution is 0.0687. The van der Waals surface area contributed by atoms with E-state index in [0.717, 1.165) is 11.1 Å². The molecule has 0 spiro atoms. The van der Waals surface area contributed by atoms with Crippen LogP contribution in [0.4, 0.5) is 11.4 Å². The van der Waals surface area contributed by atoms with Gasteiger partial charge in [0.25, 0.3) is 11.8 Å². The Kier molecular flexibility index (Phi) is 7.74. The summed E-state index contributed by atoms with van der Waals surface area (Å²) >= 11 is 0. The number of amides is 2. The number of benzene rings is 4. The van der Waals surface area contributed by atoms with Crippen LogP contribution in [-0.4, -0.2) is 34.0 Å². The molecule has 4 N–H and O–H groups in total. The van der Waals surface area contributed by atoms with Gasteiger partial charge in [-0.2, -0.15) is 0 Å². The first-order chi connectivity index (χ1) is 18.3. The van der Waals surface area contributed by atoms with Gasteiger partial charge in [0.2, 0.25) is 0 Å². The van der Waals surface area contributed by atoms with Crippen LogP contribution >= 0.6 is 0 Å². The van der Waals surface area contributed by atoms with Gasteiger partial charge in [0.15, 0.2) is 0 Å². The molecule has 4 rings (SSSR count). The molecule has 188 valence electrons. The summed E-state index contributed by atoms with van der Waals surface area (Å²) in [4.78, 5) is 47.8. The van der Waals surface area contributed by atoms with Crippen molar-refractivity contribution in [3.05, 3.63) is 130 Å². The smallest absolute Gasteiger partial charge is 0.337 e. The lowest BCUT2D eigenvalue weighted by Gasteiger charge is -2.08. The number of carboxylic acid groups (broad SMARTS) is 2. The SMILES string of the molecule is O=C(Nc1ccccc1C(=O)O)c1ccc(/C=C/c2ccc(C(=O)Nc3ccccc3C(=O)O)cc2)cc1. The van der Waals surface area contributed by atoms with E-state index in [-0.39, 0.29) is 22.5 Å². The summed E-state index contributed by atoms with van der Waals surface area (Å²) < 4.78 is 0. The fraction of sp³-hybridized carbons (Fsp3) is 0. The van der Waals surface area contributed by atoms with Crippen LogP contribution in [0.15, 0.2) is 97.1 Å². The molecule has 2 amide bonds. The second-order valence-electron chi connectivity index (χ2n) is 8.19. The molecule has 4 aromatic carbocycles. The normalized spacial score (nSPS) is 10.6. The van der Waals surface area contributed by atoms with Gasteiger partial charge in [-0.3, -0.25) is 9.59 Å². The highest BCUT2D eigenvalue weighted by molar-refractivity contribution is 6.08. The average molecular weight is 507 g/mol. The number of hydrogen-bond acceptors (Lipinski definition) is 4. The van der Waals surface area contributed by atoms with Crippen molar-refractivity contribution in [1.82, 2.24) is 0 Å². The van der Waals surface area contributed by atoms with Crippen LogP contribution in [0.2, 0.25) is 0 Å². The molecule has 0 aliphatic heterocycles. The van der Waals surface area contributed by atoms with Gasteiger partial charge >= 0.3 is 11.9 Å². The quantitative estimate of drug-likeness (QED) is 0.225. The fourth-order valence-corrected chi connectivity index (χ4v) is 3.63. The maximum Gasteiger partial charge on any atom is 0.337 e. The maximum absolute atomic E-state index is 12.5. The molecule has 0 aromatic heterocycles. The van der Waals surface area contributed by atoms with Gasteiger partial charge in [-0.25, -0.2) is 9.59 Å². The standard InChI is InChI=1S/C30H22N2O6/c33-27(31-25-7-3-1-5-23(25)29(35)36)21-15-11-19(12-16-21)9-10-20-13-17-22(18-14-20)28(34)32-26-8-4-2-6-24(26)30(37)38/h1-18H,(H,31,33)(H,32,34)(H,35,36)(H,37,38)/b10-9+. The van der Waals surface area contributed by atoms with E-state index in [9.17, 15) is 29.4 Å². The number of carbonyl (C=O) groups excluding carboxylic acids is 2. The summed E-state index contributed by atoms with van der Waals surface area (Å²) in [6.07, 6.45) is 3.69. The van der Waals surface area contributed by atoms with Crippen molar-refractivity contribution in [2.24, 2.45) is 0 Å². The zero-order valence-corrected chi connectivity index (χ0v) is 19.9. The molecule has 0 saturated carbocycles. The summed E-state index contributed by atoms with van der Waals surface area (Å²) in [6.45, 7) is 0. The Morgan fingerprint density at radius 3 is 1.18 bits per heavy atom. The van der Waals surface area contributed by atoms with E-state index < -0.39 is 23.8 Å². The van der Waals surface area contributed by atoms with Crippen LogP contribution in [0.1, 0.15) is 52.6 Å². The van der Waals surface area contributed by atoms with Crippen LogP contribution in [0.5, 0.6) is 0 Å². The summed E-state index contributed by atoms with van der Waals surface area (Å²) in [6, 6.07) is 26.0. The van der Waals surface area contributed by atoms with Crippen molar-refractivity contribution >= 4 is 47.3 Å². The van der Waals surface area contributed by atoms with Crippen LogP contribution < -0.4 is 10.6 Å². The van der Waals surface area contributed by atoms with Gasteiger partial charge in [0, 0.05) is 11.1 Å². The molecule has 38 heavy (non-hydrogen) atoms. The van der Waals surface area contributed by atoms with Gasteiger partial charge in [0.1, 0.15) is 0 Å². The van der Waals surface area contributed by atoms with Gasteiger partial charge in [-0.1, -0.05) is 60.7 Å². The minimum Gasteiger partial charge on any atom is -0.478 e. The highest BCUT2D eigenvalue weighted by Crippen LogP contribution is 2.19. The first-order valence-electron chi connectivity index (χ1n) is 11.5. The highest BCUT2D eigenvalue weighted by Gasteiger charge is 2.14. The number of carboxylic acids is 2. The summed E-state index contributed by atoms with van der Waals surface area (Å²) in [7, 11) is 0. The first kappa shape index (κ1) is 25.6. The second kappa shape index (κ2) is 11.5. The zero-order valence-electron chi connectivity index (χ0n) is 19.9. The number of para-hydroxylation sites is 2. The van der Waals surface area contributed by atoms with E-state index in [1.165, 1.54) is 24.3 Å². The Hall–Kier alpha value is -5.50. The molecule has 0 radical (unpaired) electrons. The molecular weight excluding hydrogens is 484 g/mol. The Morgan fingerprint density at radius 2 is 0.842 bits per heavy atom. The van der Waals surface area contributed by atoms with Gasteiger partial charge < -0.3 is 20.8 Å². The number of nitrogens with one attached hydrogen (secondary N) is 2. The monoisotopic (exact) mass is 506 g/mol. The van der Waals surface area contributed by atoms with E-state index in [2.05, 4.69) is 10.6 Å². The van der Waals surface area contributed by atoms with Crippen LogP contribution in [0.3, 0.4) is 0 Å². The predicted molar refractivity (Wildman–Crippen MR) is 145 cm³/mol. The van der Waals surface area contributed by atoms with Crippen molar-refractivity contribution in [1.29, 1.82) is 0 Å². The lowest BCUT2D eigenvalue weighted by Crippen LogP contribution is -2.14. The highest BCUT2D eigenvalue weighted by atomic mass is 16.4. The van der Waals surface area contributed by atoms with Crippen molar-refractivity contribution in [3.8, 4) is 0 Å². The van der Waals surface area contributed by atoms with E-state index in [0.29, 0.717) is 11.1 Å². The number of aromatic carboxylic acids is 2. The molecule has 0 heterocycles. The van der Waals surface area contributed by atoms with E-state index in [1.54, 1.807) is 72.8 Å². The Balaban J connectivity index is 1.38. The van der Waals surface area contributed by atoms with Crippen molar-refractivity contribution < 1.29 is 29.4 Å². The van der Waals surface area contributed by atoms with Gasteiger partial charge in [0.05, 0.1) is 22.5 Å². The number of hydrogen-bond donors (Lipinski definition) is 4. The molecule has 0 saturated heterocycles. The third-order valence-electron chi connectivity index (χ3n) is 5.63. The molecule has 0 atom stereocenters. The summed E-state index contributed by atoms with van der Waals surface area (Å²) in [5.74, 6) is -3.10. The van der Waals surface area contributed by atoms with Crippen LogP contribution in [0.25, 0.3) is 12.2 Å².